The van der Waals surface area contributed by atoms with Gasteiger partial charge in [0, 0.05) is 11.8 Å². The minimum atomic E-state index is -0.655. The molecule has 0 aromatic rings. The quantitative estimate of drug-likeness (QED) is 0.735. The van der Waals surface area contributed by atoms with Crippen molar-refractivity contribution in [3.8, 4) is 0 Å². The highest BCUT2D eigenvalue weighted by Crippen LogP contribution is 2.60. The van der Waals surface area contributed by atoms with Crippen LogP contribution in [-0.4, -0.2) is 16.5 Å². The smallest absolute Gasteiger partial charge is 0.139 e. The molecule has 1 unspecified atom stereocenters. The van der Waals surface area contributed by atoms with Crippen LogP contribution in [0.15, 0.2) is 23.3 Å². The van der Waals surface area contributed by atoms with Crippen molar-refractivity contribution in [2.75, 3.05) is 0 Å². The Kier molecular flexibility index (Phi) is 2.83. The Hall–Kier alpha value is -0.890. The number of ketones is 1. The molecular weight excluding hydrogens is 260 g/mol. The Morgan fingerprint density at radius 2 is 2.00 bits per heavy atom. The van der Waals surface area contributed by atoms with Crippen LogP contribution < -0.4 is 0 Å². The Morgan fingerprint density at radius 3 is 2.81 bits per heavy atom. The number of rotatable bonds is 0. The number of carbonyl (C=O) groups excluding carboxylic acids is 1. The highest BCUT2D eigenvalue weighted by molar-refractivity contribution is 5.87. The topological polar surface area (TPSA) is 37.3 Å². The predicted octanol–water partition coefficient (Wildman–Crippen LogP) is 3.80. The summed E-state index contributed by atoms with van der Waals surface area (Å²) in [5, 5.41) is 10.3. The summed E-state index contributed by atoms with van der Waals surface area (Å²) in [5.41, 5.74) is 2.22. The van der Waals surface area contributed by atoms with Gasteiger partial charge in [0.15, 0.2) is 0 Å². The molecule has 114 valence electrons. The number of hydrogen-bond donors (Lipinski definition) is 1. The van der Waals surface area contributed by atoms with Crippen molar-refractivity contribution in [3.63, 3.8) is 0 Å². The van der Waals surface area contributed by atoms with Crippen molar-refractivity contribution < 1.29 is 9.90 Å². The van der Waals surface area contributed by atoms with Crippen LogP contribution in [0.1, 0.15) is 58.8 Å². The average Bonchev–Trinajstić information content (AvgIpc) is 2.73. The second kappa shape index (κ2) is 4.32. The molecule has 1 N–H and O–H groups in total. The minimum absolute atomic E-state index is 0.0247. The lowest BCUT2D eigenvalue weighted by Crippen LogP contribution is -2.44. The zero-order valence-electron chi connectivity index (χ0n) is 13.2. The molecule has 4 aliphatic carbocycles. The van der Waals surface area contributed by atoms with E-state index in [1.165, 1.54) is 17.6 Å². The molecule has 5 atom stereocenters. The van der Waals surface area contributed by atoms with E-state index in [0.717, 1.165) is 38.5 Å². The molecule has 0 heterocycles. The summed E-state index contributed by atoms with van der Waals surface area (Å²) in [4.78, 5) is 12.3. The molecule has 0 aliphatic heterocycles. The van der Waals surface area contributed by atoms with Crippen LogP contribution in [-0.2, 0) is 4.79 Å². The van der Waals surface area contributed by atoms with E-state index >= 15 is 0 Å². The third kappa shape index (κ3) is 1.91. The highest BCUT2D eigenvalue weighted by Gasteiger charge is 2.55. The lowest BCUT2D eigenvalue weighted by Gasteiger charge is -2.50. The first-order valence-electron chi connectivity index (χ1n) is 8.58. The molecule has 3 saturated carbocycles. The van der Waals surface area contributed by atoms with Crippen LogP contribution in [0.2, 0.25) is 0 Å². The van der Waals surface area contributed by atoms with E-state index < -0.39 is 5.60 Å². The molecule has 0 aromatic carbocycles. The highest BCUT2D eigenvalue weighted by atomic mass is 16.3. The van der Waals surface area contributed by atoms with Crippen molar-refractivity contribution in [1.82, 2.24) is 0 Å². The van der Waals surface area contributed by atoms with Gasteiger partial charge in [0.05, 0.1) is 5.60 Å². The van der Waals surface area contributed by atoms with Gasteiger partial charge in [-0.1, -0.05) is 13.0 Å². The van der Waals surface area contributed by atoms with Crippen molar-refractivity contribution in [2.45, 2.75) is 64.4 Å². The normalized spacial score (nSPS) is 48.9. The Morgan fingerprint density at radius 1 is 1.19 bits per heavy atom. The number of Topliss-reactive ketones (excluding diaryl/α,β-unsaturated/α-hetero) is 1. The number of fused-ring (bicyclic) bond motifs is 5. The predicted molar refractivity (Wildman–Crippen MR) is 82.7 cm³/mol. The van der Waals surface area contributed by atoms with Crippen molar-refractivity contribution >= 4 is 5.78 Å². The summed E-state index contributed by atoms with van der Waals surface area (Å²) >= 11 is 0. The van der Waals surface area contributed by atoms with E-state index in [0.29, 0.717) is 23.5 Å². The zero-order chi connectivity index (χ0) is 14.8. The van der Waals surface area contributed by atoms with Crippen LogP contribution in [0.5, 0.6) is 0 Å². The standard InChI is InChI=1S/C19H26O2/c1-18(21)9-7-13-12(11-18)3-4-15-14(13)8-10-19(2)16(15)5-6-17(19)20/h7,11,14-16,21H,3-6,8-10H2,1-2H3/t14-,15-,16+,18?,19+/m1/s1. The number of carbonyl (C=O) groups is 1. The van der Waals surface area contributed by atoms with Crippen LogP contribution in [0, 0.1) is 23.2 Å². The van der Waals surface area contributed by atoms with Crippen molar-refractivity contribution in [2.24, 2.45) is 23.2 Å². The second-order valence-electron chi connectivity index (χ2n) is 8.22. The average molecular weight is 286 g/mol. The van der Waals surface area contributed by atoms with E-state index in [-0.39, 0.29) is 5.41 Å². The SMILES string of the molecule is CC1(O)C=C2CC[C@@H]3[C@H](CC[C@]4(C)C(=O)CC[C@@H]34)C2=CC1. The van der Waals surface area contributed by atoms with Gasteiger partial charge < -0.3 is 5.11 Å². The van der Waals surface area contributed by atoms with Gasteiger partial charge in [-0.15, -0.1) is 0 Å². The Balaban J connectivity index is 1.66. The first kappa shape index (κ1) is 13.8. The van der Waals surface area contributed by atoms with E-state index in [2.05, 4.69) is 19.1 Å². The largest absolute Gasteiger partial charge is 0.386 e. The van der Waals surface area contributed by atoms with Crippen LogP contribution in [0.25, 0.3) is 0 Å². The molecule has 3 fully saturated rings. The van der Waals surface area contributed by atoms with Crippen molar-refractivity contribution in [1.29, 1.82) is 0 Å². The van der Waals surface area contributed by atoms with Gasteiger partial charge in [-0.05, 0) is 80.4 Å². The molecule has 2 nitrogen and oxygen atoms in total. The molecule has 4 rings (SSSR count). The second-order valence-corrected chi connectivity index (χ2v) is 8.22. The fourth-order valence-corrected chi connectivity index (χ4v) is 5.74. The van der Waals surface area contributed by atoms with E-state index in [1.54, 1.807) is 0 Å². The maximum atomic E-state index is 12.3. The maximum Gasteiger partial charge on any atom is 0.139 e. The number of hydrogen-bond acceptors (Lipinski definition) is 2. The van der Waals surface area contributed by atoms with Gasteiger partial charge in [0.25, 0.3) is 0 Å². The van der Waals surface area contributed by atoms with Gasteiger partial charge in [-0.25, -0.2) is 0 Å². The van der Waals surface area contributed by atoms with E-state index in [1.807, 2.05) is 6.92 Å². The first-order valence-corrected chi connectivity index (χ1v) is 8.58. The molecule has 0 bridgehead atoms. The van der Waals surface area contributed by atoms with Gasteiger partial charge in [0.2, 0.25) is 0 Å². The number of aliphatic hydroxyl groups is 1. The van der Waals surface area contributed by atoms with E-state index in [9.17, 15) is 9.90 Å². The van der Waals surface area contributed by atoms with E-state index in [4.69, 9.17) is 0 Å². The summed E-state index contributed by atoms with van der Waals surface area (Å²) in [6.07, 6.45) is 11.6. The van der Waals surface area contributed by atoms with Gasteiger partial charge in [0.1, 0.15) is 5.78 Å². The molecule has 2 heteroatoms. The summed E-state index contributed by atoms with van der Waals surface area (Å²) in [5.74, 6) is 2.47. The zero-order valence-corrected chi connectivity index (χ0v) is 13.2. The molecule has 0 amide bonds. The van der Waals surface area contributed by atoms with Gasteiger partial charge in [-0.3, -0.25) is 4.79 Å². The molecular formula is C19H26O2. The summed E-state index contributed by atoms with van der Waals surface area (Å²) in [6, 6.07) is 0. The third-order valence-electron chi connectivity index (χ3n) is 6.88. The number of allylic oxidation sites excluding steroid dienone is 2. The van der Waals surface area contributed by atoms with Gasteiger partial charge in [-0.2, -0.15) is 0 Å². The Labute approximate surface area is 127 Å². The maximum absolute atomic E-state index is 12.3. The minimum Gasteiger partial charge on any atom is -0.386 e. The summed E-state index contributed by atoms with van der Waals surface area (Å²) < 4.78 is 0. The van der Waals surface area contributed by atoms with Crippen molar-refractivity contribution in [3.05, 3.63) is 23.3 Å². The Bertz CT molecular complexity index is 554. The lowest BCUT2D eigenvalue weighted by atomic mass is 9.54. The molecule has 0 saturated heterocycles. The first-order chi connectivity index (χ1) is 9.91. The molecule has 0 spiro atoms. The molecule has 4 aliphatic rings. The molecule has 0 aromatic heterocycles. The summed E-state index contributed by atoms with van der Waals surface area (Å²) in [7, 11) is 0. The molecule has 0 radical (unpaired) electrons. The van der Waals surface area contributed by atoms with Crippen LogP contribution >= 0.6 is 0 Å². The lowest BCUT2D eigenvalue weighted by molar-refractivity contribution is -0.129. The third-order valence-corrected chi connectivity index (χ3v) is 6.88. The fraction of sp³-hybridized carbons (Fsp3) is 0.737. The van der Waals surface area contributed by atoms with Crippen LogP contribution in [0.3, 0.4) is 0 Å². The van der Waals surface area contributed by atoms with Gasteiger partial charge >= 0.3 is 0 Å². The van der Waals surface area contributed by atoms with Crippen LogP contribution in [0.4, 0.5) is 0 Å². The fourth-order valence-electron chi connectivity index (χ4n) is 5.74. The molecule has 21 heavy (non-hydrogen) atoms. The monoisotopic (exact) mass is 286 g/mol. The summed E-state index contributed by atoms with van der Waals surface area (Å²) in [6.45, 7) is 4.14.